The molecule has 0 spiro atoms. The number of furan rings is 1. The second-order valence-electron chi connectivity index (χ2n) is 9.50. The number of benzene rings is 1. The van der Waals surface area contributed by atoms with Gasteiger partial charge in [-0.25, -0.2) is 0 Å². The van der Waals surface area contributed by atoms with Crippen LogP contribution in [0.4, 0.5) is 0 Å². The molecule has 4 rings (SSSR count). The van der Waals surface area contributed by atoms with Gasteiger partial charge < -0.3 is 19.0 Å². The first-order chi connectivity index (χ1) is 16.4. The Morgan fingerprint density at radius 2 is 2.03 bits per heavy atom. The van der Waals surface area contributed by atoms with Crippen molar-refractivity contribution in [2.24, 2.45) is 5.92 Å². The van der Waals surface area contributed by atoms with Crippen molar-refractivity contribution >= 4 is 5.91 Å². The van der Waals surface area contributed by atoms with Gasteiger partial charge in [-0.05, 0) is 37.0 Å². The average molecular weight is 466 g/mol. The zero-order chi connectivity index (χ0) is 24.1. The molecule has 1 aromatic carbocycles. The van der Waals surface area contributed by atoms with Crippen molar-refractivity contribution in [3.05, 3.63) is 70.7 Å². The lowest BCUT2D eigenvalue weighted by Gasteiger charge is -2.22. The number of aryl methyl sites for hydroxylation is 1. The van der Waals surface area contributed by atoms with Crippen LogP contribution in [-0.2, 0) is 30.9 Å². The molecule has 2 aromatic heterocycles. The van der Waals surface area contributed by atoms with Crippen LogP contribution in [0.5, 0.6) is 0 Å². The number of amides is 1. The number of ether oxygens (including phenoxy) is 1. The van der Waals surface area contributed by atoms with Crippen LogP contribution in [0, 0.1) is 12.8 Å². The van der Waals surface area contributed by atoms with E-state index in [-0.39, 0.29) is 17.7 Å². The fraction of sp³-hybridized carbons (Fsp3) is 0.500. The highest BCUT2D eigenvalue weighted by Crippen LogP contribution is 2.23. The highest BCUT2D eigenvalue weighted by Gasteiger charge is 2.27. The minimum atomic E-state index is -0.250. The molecule has 0 unspecified atom stereocenters. The summed E-state index contributed by atoms with van der Waals surface area (Å²) in [5, 5.41) is 12.2. The minimum absolute atomic E-state index is 0.243. The van der Waals surface area contributed by atoms with Gasteiger partial charge in [0.25, 0.3) is 5.91 Å². The van der Waals surface area contributed by atoms with E-state index in [0.717, 1.165) is 50.7 Å². The molecule has 182 valence electrons. The molecule has 3 heterocycles. The zero-order valence-electron chi connectivity index (χ0n) is 20.6. The van der Waals surface area contributed by atoms with Gasteiger partial charge in [0.2, 0.25) is 0 Å². The normalized spacial score (nSPS) is 15.2. The maximum absolute atomic E-state index is 13.0. The van der Waals surface area contributed by atoms with Crippen molar-refractivity contribution in [3.8, 4) is 0 Å². The molecule has 1 N–H and O–H groups in total. The second kappa shape index (κ2) is 11.0. The molecule has 1 atom stereocenters. The van der Waals surface area contributed by atoms with Crippen molar-refractivity contribution < 1.29 is 13.9 Å². The number of aromatic nitrogens is 3. The fourth-order valence-electron chi connectivity index (χ4n) is 4.52. The molecule has 0 radical (unpaired) electrons. The summed E-state index contributed by atoms with van der Waals surface area (Å²) >= 11 is 0. The summed E-state index contributed by atoms with van der Waals surface area (Å²) in [4.78, 5) is 15.4. The van der Waals surface area contributed by atoms with Crippen LogP contribution >= 0.6 is 0 Å². The number of rotatable bonds is 9. The quantitative estimate of drug-likeness (QED) is 0.516. The summed E-state index contributed by atoms with van der Waals surface area (Å²) in [6.45, 7) is 10.3. The Hall–Kier alpha value is -2.97. The molecule has 1 aliphatic rings. The fourth-order valence-corrected chi connectivity index (χ4v) is 4.52. The Morgan fingerprint density at radius 1 is 1.18 bits per heavy atom. The molecular weight excluding hydrogens is 430 g/mol. The van der Waals surface area contributed by atoms with E-state index in [2.05, 4.69) is 70.0 Å². The zero-order valence-corrected chi connectivity index (χ0v) is 20.6. The van der Waals surface area contributed by atoms with Crippen molar-refractivity contribution in [2.75, 3.05) is 20.2 Å². The number of nitrogens with one attached hydrogen (secondary N) is 1. The molecule has 0 fully saturated rings. The highest BCUT2D eigenvalue weighted by molar-refractivity contribution is 5.91. The van der Waals surface area contributed by atoms with Crippen molar-refractivity contribution in [1.82, 2.24) is 25.0 Å². The van der Waals surface area contributed by atoms with Gasteiger partial charge in [0, 0.05) is 39.7 Å². The van der Waals surface area contributed by atoms with Gasteiger partial charge in [0.05, 0.1) is 6.04 Å². The van der Waals surface area contributed by atoms with E-state index in [4.69, 9.17) is 9.15 Å². The van der Waals surface area contributed by atoms with Gasteiger partial charge in [-0.3, -0.25) is 9.69 Å². The highest BCUT2D eigenvalue weighted by atomic mass is 16.5. The molecule has 0 saturated carbocycles. The predicted molar refractivity (Wildman–Crippen MR) is 129 cm³/mol. The third-order valence-corrected chi connectivity index (χ3v) is 6.13. The summed E-state index contributed by atoms with van der Waals surface area (Å²) in [7, 11) is 1.60. The monoisotopic (exact) mass is 465 g/mol. The van der Waals surface area contributed by atoms with Crippen molar-refractivity contribution in [2.45, 2.75) is 59.4 Å². The van der Waals surface area contributed by atoms with Crippen molar-refractivity contribution in [3.63, 3.8) is 0 Å². The van der Waals surface area contributed by atoms with Gasteiger partial charge >= 0.3 is 0 Å². The summed E-state index contributed by atoms with van der Waals surface area (Å²) in [6.07, 6.45) is 1.60. The number of carbonyl (C=O) groups is 1. The van der Waals surface area contributed by atoms with E-state index in [1.165, 1.54) is 11.1 Å². The lowest BCUT2D eigenvalue weighted by atomic mass is 10.0. The summed E-state index contributed by atoms with van der Waals surface area (Å²) in [6, 6.07) is 11.9. The van der Waals surface area contributed by atoms with Crippen LogP contribution < -0.4 is 5.32 Å². The van der Waals surface area contributed by atoms with E-state index in [1.807, 2.05) is 0 Å². The molecule has 1 aliphatic heterocycles. The van der Waals surface area contributed by atoms with Gasteiger partial charge in [-0.15, -0.1) is 10.2 Å². The Kier molecular flexibility index (Phi) is 7.80. The Morgan fingerprint density at radius 3 is 2.79 bits per heavy atom. The summed E-state index contributed by atoms with van der Waals surface area (Å²) in [5.41, 5.74) is 2.61. The molecule has 0 aliphatic carbocycles. The molecular formula is C26H35N5O3. The third-order valence-electron chi connectivity index (χ3n) is 6.13. The number of nitrogens with zero attached hydrogens (tertiary/aromatic N) is 4. The molecule has 3 aromatic rings. The van der Waals surface area contributed by atoms with Crippen molar-refractivity contribution in [1.29, 1.82) is 0 Å². The SMILES string of the molecule is COCc1ccc(C(=O)N[C@H](CC(C)C)c2nnc3n2CCN(Cc2cccc(C)c2)CC3)o1. The Labute approximate surface area is 201 Å². The van der Waals surface area contributed by atoms with Gasteiger partial charge in [-0.2, -0.15) is 0 Å². The lowest BCUT2D eigenvalue weighted by Crippen LogP contribution is -2.32. The largest absolute Gasteiger partial charge is 0.453 e. The Balaban J connectivity index is 1.48. The molecule has 0 saturated heterocycles. The molecule has 8 nitrogen and oxygen atoms in total. The van der Waals surface area contributed by atoms with Crippen LogP contribution in [0.15, 0.2) is 40.8 Å². The average Bonchev–Trinajstić information content (AvgIpc) is 3.38. The minimum Gasteiger partial charge on any atom is -0.453 e. The van der Waals surface area contributed by atoms with E-state index in [9.17, 15) is 4.79 Å². The number of fused-ring (bicyclic) bond motifs is 1. The molecule has 34 heavy (non-hydrogen) atoms. The Bertz CT molecular complexity index is 1100. The first kappa shape index (κ1) is 24.2. The van der Waals surface area contributed by atoms with Crippen LogP contribution in [0.2, 0.25) is 0 Å². The number of hydrogen-bond acceptors (Lipinski definition) is 6. The second-order valence-corrected chi connectivity index (χ2v) is 9.50. The maximum atomic E-state index is 13.0. The smallest absolute Gasteiger partial charge is 0.287 e. The predicted octanol–water partition coefficient (Wildman–Crippen LogP) is 3.90. The van der Waals surface area contributed by atoms with Gasteiger partial charge in [0.15, 0.2) is 11.6 Å². The van der Waals surface area contributed by atoms with E-state index in [1.54, 1.807) is 19.2 Å². The topological polar surface area (TPSA) is 85.4 Å². The first-order valence-corrected chi connectivity index (χ1v) is 12.0. The lowest BCUT2D eigenvalue weighted by molar-refractivity contribution is 0.0892. The summed E-state index contributed by atoms with van der Waals surface area (Å²) < 4.78 is 12.9. The molecule has 1 amide bonds. The van der Waals surface area contributed by atoms with Crippen LogP contribution in [-0.4, -0.2) is 45.8 Å². The van der Waals surface area contributed by atoms with Crippen LogP contribution in [0.1, 0.15) is 65.4 Å². The van der Waals surface area contributed by atoms with Gasteiger partial charge in [0.1, 0.15) is 18.2 Å². The standard InChI is InChI=1S/C26H35N5O3/c1-18(2)14-22(27-26(32)23-9-8-21(34-23)17-33-4)25-29-28-24-10-11-30(12-13-31(24)25)16-20-7-5-6-19(3)15-20/h5-9,15,18,22H,10-14,16-17H2,1-4H3,(H,27,32)/t22-/m1/s1. The van der Waals surface area contributed by atoms with Gasteiger partial charge in [-0.1, -0.05) is 43.7 Å². The van der Waals surface area contributed by atoms with Crippen LogP contribution in [0.25, 0.3) is 0 Å². The molecule has 0 bridgehead atoms. The van der Waals surface area contributed by atoms with E-state index >= 15 is 0 Å². The number of methoxy groups -OCH3 is 1. The van der Waals surface area contributed by atoms with E-state index in [0.29, 0.717) is 18.3 Å². The molecule has 8 heteroatoms. The summed E-state index contributed by atoms with van der Waals surface area (Å²) in [5.74, 6) is 2.82. The van der Waals surface area contributed by atoms with Crippen LogP contribution in [0.3, 0.4) is 0 Å². The number of hydrogen-bond donors (Lipinski definition) is 1. The maximum Gasteiger partial charge on any atom is 0.287 e. The van der Waals surface area contributed by atoms with E-state index < -0.39 is 0 Å². The number of carbonyl (C=O) groups excluding carboxylic acids is 1. The third kappa shape index (κ3) is 5.93. The first-order valence-electron chi connectivity index (χ1n) is 12.0.